The molecule has 3 rings (SSSR count). The summed E-state index contributed by atoms with van der Waals surface area (Å²) < 4.78 is 1.21. The van der Waals surface area contributed by atoms with E-state index in [0.717, 1.165) is 25.5 Å². The van der Waals surface area contributed by atoms with Crippen LogP contribution in [0, 0.1) is 0 Å². The Bertz CT molecular complexity index is 540. The number of rotatable bonds is 1. The molecule has 1 unspecified atom stereocenters. The van der Waals surface area contributed by atoms with E-state index < -0.39 is 0 Å². The standard InChI is InChI=1S/C12H14ClN3S/c1-8-7-16(4-3-14-8)12-9-2-5-17-10(9)6-11(13)15-12/h2,5-6,8,14H,3-4,7H2,1H3. The van der Waals surface area contributed by atoms with Crippen LogP contribution in [0.3, 0.4) is 0 Å². The van der Waals surface area contributed by atoms with Gasteiger partial charge in [0.25, 0.3) is 0 Å². The van der Waals surface area contributed by atoms with Crippen molar-refractivity contribution in [3.8, 4) is 0 Å². The molecule has 1 saturated heterocycles. The summed E-state index contributed by atoms with van der Waals surface area (Å²) in [4.78, 5) is 6.82. The second-order valence-corrected chi connectivity index (χ2v) is 5.74. The minimum atomic E-state index is 0.498. The van der Waals surface area contributed by atoms with Crippen molar-refractivity contribution in [1.82, 2.24) is 10.3 Å². The van der Waals surface area contributed by atoms with Gasteiger partial charge in [0.2, 0.25) is 0 Å². The van der Waals surface area contributed by atoms with Gasteiger partial charge in [-0.15, -0.1) is 11.3 Å². The number of anilines is 1. The quantitative estimate of drug-likeness (QED) is 0.806. The van der Waals surface area contributed by atoms with Crippen molar-refractivity contribution in [2.45, 2.75) is 13.0 Å². The highest BCUT2D eigenvalue weighted by molar-refractivity contribution is 7.17. The van der Waals surface area contributed by atoms with Gasteiger partial charge in [0.15, 0.2) is 0 Å². The first-order valence-corrected chi connectivity index (χ1v) is 7.02. The number of aromatic nitrogens is 1. The smallest absolute Gasteiger partial charge is 0.139 e. The largest absolute Gasteiger partial charge is 0.353 e. The Kier molecular flexibility index (Phi) is 2.94. The normalized spacial score (nSPS) is 21.1. The Morgan fingerprint density at radius 2 is 2.47 bits per heavy atom. The summed E-state index contributed by atoms with van der Waals surface area (Å²) in [6.45, 7) is 5.17. The van der Waals surface area contributed by atoms with Crippen LogP contribution in [0.2, 0.25) is 5.15 Å². The Morgan fingerprint density at radius 3 is 3.29 bits per heavy atom. The molecule has 2 aromatic heterocycles. The van der Waals surface area contributed by atoms with Crippen molar-refractivity contribution in [3.63, 3.8) is 0 Å². The molecule has 3 heterocycles. The molecular formula is C12H14ClN3S. The molecule has 90 valence electrons. The Hall–Kier alpha value is -0.840. The lowest BCUT2D eigenvalue weighted by molar-refractivity contribution is 0.483. The summed E-state index contributed by atoms with van der Waals surface area (Å²) in [6.07, 6.45) is 0. The maximum absolute atomic E-state index is 6.09. The fourth-order valence-electron chi connectivity index (χ4n) is 2.29. The van der Waals surface area contributed by atoms with Crippen LogP contribution in [0.5, 0.6) is 0 Å². The third-order valence-electron chi connectivity index (χ3n) is 3.07. The van der Waals surface area contributed by atoms with E-state index in [0.29, 0.717) is 11.2 Å². The molecule has 0 amide bonds. The third-order valence-corrected chi connectivity index (χ3v) is 4.12. The van der Waals surface area contributed by atoms with Crippen molar-refractivity contribution >= 4 is 38.8 Å². The van der Waals surface area contributed by atoms with Gasteiger partial charge in [0.05, 0.1) is 0 Å². The first-order valence-electron chi connectivity index (χ1n) is 5.76. The molecule has 0 bridgehead atoms. The van der Waals surface area contributed by atoms with Gasteiger partial charge in [-0.3, -0.25) is 0 Å². The van der Waals surface area contributed by atoms with Crippen LogP contribution in [-0.4, -0.2) is 30.7 Å². The number of hydrogen-bond acceptors (Lipinski definition) is 4. The number of nitrogens with one attached hydrogen (secondary N) is 1. The predicted octanol–water partition coefficient (Wildman–Crippen LogP) is 2.75. The summed E-state index contributed by atoms with van der Waals surface area (Å²) in [5, 5.41) is 7.33. The lowest BCUT2D eigenvalue weighted by Crippen LogP contribution is -2.49. The van der Waals surface area contributed by atoms with Gasteiger partial charge in [-0.1, -0.05) is 11.6 Å². The van der Waals surface area contributed by atoms with E-state index >= 15 is 0 Å². The fourth-order valence-corrected chi connectivity index (χ4v) is 3.36. The average Bonchev–Trinajstić information content (AvgIpc) is 2.75. The molecule has 1 aliphatic heterocycles. The maximum Gasteiger partial charge on any atom is 0.139 e. The van der Waals surface area contributed by atoms with E-state index in [4.69, 9.17) is 11.6 Å². The average molecular weight is 268 g/mol. The van der Waals surface area contributed by atoms with E-state index in [1.54, 1.807) is 11.3 Å². The molecular weight excluding hydrogens is 254 g/mol. The maximum atomic E-state index is 6.09. The van der Waals surface area contributed by atoms with Gasteiger partial charge in [-0.25, -0.2) is 4.98 Å². The zero-order valence-corrected chi connectivity index (χ0v) is 11.2. The minimum Gasteiger partial charge on any atom is -0.353 e. The summed E-state index contributed by atoms with van der Waals surface area (Å²) in [5.41, 5.74) is 0. The molecule has 0 saturated carbocycles. The van der Waals surface area contributed by atoms with E-state index in [9.17, 15) is 0 Å². The van der Waals surface area contributed by atoms with Crippen LogP contribution >= 0.6 is 22.9 Å². The monoisotopic (exact) mass is 267 g/mol. The number of thiophene rings is 1. The van der Waals surface area contributed by atoms with Gasteiger partial charge in [-0.2, -0.15) is 0 Å². The van der Waals surface area contributed by atoms with Gasteiger partial charge in [0, 0.05) is 35.8 Å². The van der Waals surface area contributed by atoms with Crippen molar-refractivity contribution < 1.29 is 0 Å². The van der Waals surface area contributed by atoms with Crippen LogP contribution in [0.25, 0.3) is 10.1 Å². The van der Waals surface area contributed by atoms with Crippen molar-refractivity contribution in [3.05, 3.63) is 22.7 Å². The van der Waals surface area contributed by atoms with Crippen molar-refractivity contribution in [2.24, 2.45) is 0 Å². The lowest BCUT2D eigenvalue weighted by Gasteiger charge is -2.33. The number of piperazine rings is 1. The molecule has 0 radical (unpaired) electrons. The molecule has 1 atom stereocenters. The first-order chi connectivity index (χ1) is 8.24. The second-order valence-electron chi connectivity index (χ2n) is 4.40. The summed E-state index contributed by atoms with van der Waals surface area (Å²) >= 11 is 7.80. The highest BCUT2D eigenvalue weighted by Crippen LogP contribution is 2.31. The molecule has 1 fully saturated rings. The Balaban J connectivity index is 2.06. The minimum absolute atomic E-state index is 0.498. The second kappa shape index (κ2) is 4.44. The summed E-state index contributed by atoms with van der Waals surface area (Å²) in [6, 6.07) is 4.57. The highest BCUT2D eigenvalue weighted by atomic mass is 35.5. The number of pyridine rings is 1. The number of nitrogens with zero attached hydrogens (tertiary/aromatic N) is 2. The Labute approximate surface area is 109 Å². The van der Waals surface area contributed by atoms with Gasteiger partial charge < -0.3 is 10.2 Å². The zero-order valence-electron chi connectivity index (χ0n) is 9.61. The van der Waals surface area contributed by atoms with E-state index in [-0.39, 0.29) is 0 Å². The molecule has 2 aromatic rings. The molecule has 1 N–H and O–H groups in total. The SMILES string of the molecule is CC1CN(c2nc(Cl)cc3sccc23)CCN1. The molecule has 0 spiro atoms. The fraction of sp³-hybridized carbons (Fsp3) is 0.417. The van der Waals surface area contributed by atoms with Crippen LogP contribution in [0.1, 0.15) is 6.92 Å². The molecule has 0 aliphatic carbocycles. The van der Waals surface area contributed by atoms with E-state index in [2.05, 4.69) is 33.6 Å². The summed E-state index contributed by atoms with van der Waals surface area (Å²) in [7, 11) is 0. The Morgan fingerprint density at radius 1 is 1.59 bits per heavy atom. The zero-order chi connectivity index (χ0) is 11.8. The lowest BCUT2D eigenvalue weighted by atomic mass is 10.2. The van der Waals surface area contributed by atoms with E-state index in [1.165, 1.54) is 10.1 Å². The van der Waals surface area contributed by atoms with Gasteiger partial charge in [-0.05, 0) is 24.4 Å². The number of hydrogen-bond donors (Lipinski definition) is 1. The van der Waals surface area contributed by atoms with Crippen LogP contribution in [-0.2, 0) is 0 Å². The molecule has 0 aromatic carbocycles. The van der Waals surface area contributed by atoms with E-state index in [1.807, 2.05) is 6.07 Å². The topological polar surface area (TPSA) is 28.2 Å². The van der Waals surface area contributed by atoms with Gasteiger partial charge in [0.1, 0.15) is 11.0 Å². The van der Waals surface area contributed by atoms with Crippen molar-refractivity contribution in [2.75, 3.05) is 24.5 Å². The summed E-state index contributed by atoms with van der Waals surface area (Å²) in [5.74, 6) is 1.03. The molecule has 5 heteroatoms. The first kappa shape index (κ1) is 11.3. The molecule has 17 heavy (non-hydrogen) atoms. The molecule has 3 nitrogen and oxygen atoms in total. The highest BCUT2D eigenvalue weighted by Gasteiger charge is 2.19. The number of fused-ring (bicyclic) bond motifs is 1. The van der Waals surface area contributed by atoms with Crippen LogP contribution in [0.4, 0.5) is 5.82 Å². The van der Waals surface area contributed by atoms with Crippen molar-refractivity contribution in [1.29, 1.82) is 0 Å². The number of halogens is 1. The molecule has 1 aliphatic rings. The van der Waals surface area contributed by atoms with Crippen LogP contribution < -0.4 is 10.2 Å². The van der Waals surface area contributed by atoms with Gasteiger partial charge >= 0.3 is 0 Å². The van der Waals surface area contributed by atoms with Crippen LogP contribution in [0.15, 0.2) is 17.5 Å². The third kappa shape index (κ3) is 2.12. The predicted molar refractivity (Wildman–Crippen MR) is 74.3 cm³/mol.